The highest BCUT2D eigenvalue weighted by molar-refractivity contribution is 5.65. The Morgan fingerprint density at radius 3 is 2.62 bits per heavy atom. The van der Waals surface area contributed by atoms with E-state index >= 15 is 0 Å². The molecular formula is C10H18O3. The molecule has 0 N–H and O–H groups in total. The monoisotopic (exact) mass is 186 g/mol. The van der Waals surface area contributed by atoms with Crippen LogP contribution < -0.4 is 0 Å². The molecule has 0 spiro atoms. The molecule has 0 bridgehead atoms. The number of carbonyl (C=O) groups excluding carboxylic acids is 2. The van der Waals surface area contributed by atoms with Crippen molar-refractivity contribution in [3.63, 3.8) is 0 Å². The van der Waals surface area contributed by atoms with Gasteiger partial charge in [-0.15, -0.1) is 0 Å². The van der Waals surface area contributed by atoms with Gasteiger partial charge in [0.25, 0.3) is 0 Å². The van der Waals surface area contributed by atoms with Crippen LogP contribution in [0.2, 0.25) is 0 Å². The Balaban J connectivity index is 3.47. The van der Waals surface area contributed by atoms with Gasteiger partial charge >= 0.3 is 5.97 Å². The molecule has 3 heteroatoms. The Hall–Kier alpha value is -0.860. The number of carbonyl (C=O) groups is 2. The summed E-state index contributed by atoms with van der Waals surface area (Å²) in [5.74, 6) is -0.223. The molecule has 0 aliphatic rings. The SMILES string of the molecule is CCCCC(C=O)CCOC(C)=O. The van der Waals surface area contributed by atoms with Gasteiger partial charge in [-0.25, -0.2) is 0 Å². The molecule has 0 aliphatic carbocycles. The average molecular weight is 186 g/mol. The highest BCUT2D eigenvalue weighted by Crippen LogP contribution is 2.10. The van der Waals surface area contributed by atoms with Crippen molar-refractivity contribution in [2.24, 2.45) is 5.92 Å². The quantitative estimate of drug-likeness (QED) is 0.451. The van der Waals surface area contributed by atoms with Crippen LogP contribution in [-0.4, -0.2) is 18.9 Å². The molecule has 13 heavy (non-hydrogen) atoms. The van der Waals surface area contributed by atoms with Gasteiger partial charge < -0.3 is 9.53 Å². The molecular weight excluding hydrogens is 168 g/mol. The Labute approximate surface area is 79.5 Å². The molecule has 0 aromatic rings. The molecule has 0 amide bonds. The van der Waals surface area contributed by atoms with Crippen molar-refractivity contribution in [1.29, 1.82) is 0 Å². The van der Waals surface area contributed by atoms with Crippen LogP contribution in [-0.2, 0) is 14.3 Å². The lowest BCUT2D eigenvalue weighted by Gasteiger charge is -2.08. The largest absolute Gasteiger partial charge is 0.466 e. The summed E-state index contributed by atoms with van der Waals surface area (Å²) in [6, 6.07) is 0. The Bertz CT molecular complexity index is 154. The van der Waals surface area contributed by atoms with Gasteiger partial charge in [0.1, 0.15) is 6.29 Å². The maximum Gasteiger partial charge on any atom is 0.302 e. The summed E-state index contributed by atoms with van der Waals surface area (Å²) in [7, 11) is 0. The summed E-state index contributed by atoms with van der Waals surface area (Å²) < 4.78 is 4.76. The minimum atomic E-state index is -0.278. The Morgan fingerprint density at radius 2 is 2.15 bits per heavy atom. The van der Waals surface area contributed by atoms with Crippen LogP contribution in [0.1, 0.15) is 39.5 Å². The van der Waals surface area contributed by atoms with Gasteiger partial charge in [-0.1, -0.05) is 19.8 Å². The fraction of sp³-hybridized carbons (Fsp3) is 0.800. The Morgan fingerprint density at radius 1 is 1.46 bits per heavy atom. The number of esters is 1. The van der Waals surface area contributed by atoms with Crippen LogP contribution >= 0.6 is 0 Å². The summed E-state index contributed by atoms with van der Waals surface area (Å²) in [6.07, 6.45) is 4.67. The molecule has 0 fully saturated rings. The van der Waals surface area contributed by atoms with E-state index in [1.54, 1.807) is 0 Å². The molecule has 1 unspecified atom stereocenters. The van der Waals surface area contributed by atoms with Crippen molar-refractivity contribution in [1.82, 2.24) is 0 Å². The predicted molar refractivity (Wildman–Crippen MR) is 50.3 cm³/mol. The average Bonchev–Trinajstić information content (AvgIpc) is 2.10. The molecule has 0 aliphatic heterocycles. The minimum Gasteiger partial charge on any atom is -0.466 e. The zero-order chi connectivity index (χ0) is 10.1. The summed E-state index contributed by atoms with van der Waals surface area (Å²) in [4.78, 5) is 21.0. The lowest BCUT2D eigenvalue weighted by molar-refractivity contribution is -0.141. The molecule has 3 nitrogen and oxygen atoms in total. The van der Waals surface area contributed by atoms with Crippen LogP contribution in [0.4, 0.5) is 0 Å². The van der Waals surface area contributed by atoms with Crippen molar-refractivity contribution in [2.75, 3.05) is 6.61 Å². The second-order valence-corrected chi connectivity index (χ2v) is 3.17. The molecule has 0 aromatic carbocycles. The number of unbranched alkanes of at least 4 members (excludes halogenated alkanes) is 1. The summed E-state index contributed by atoms with van der Waals surface area (Å²) in [5.41, 5.74) is 0. The van der Waals surface area contributed by atoms with Crippen molar-refractivity contribution in [3.05, 3.63) is 0 Å². The van der Waals surface area contributed by atoms with E-state index in [9.17, 15) is 9.59 Å². The number of hydrogen-bond donors (Lipinski definition) is 0. The van der Waals surface area contributed by atoms with Gasteiger partial charge in [-0.3, -0.25) is 4.79 Å². The smallest absolute Gasteiger partial charge is 0.302 e. The fourth-order valence-electron chi connectivity index (χ4n) is 1.10. The normalized spacial score (nSPS) is 12.2. The van der Waals surface area contributed by atoms with Crippen molar-refractivity contribution < 1.29 is 14.3 Å². The molecule has 76 valence electrons. The van der Waals surface area contributed by atoms with E-state index in [0.29, 0.717) is 13.0 Å². The van der Waals surface area contributed by atoms with E-state index in [1.165, 1.54) is 6.92 Å². The summed E-state index contributed by atoms with van der Waals surface area (Å²) in [5, 5.41) is 0. The molecule has 0 saturated heterocycles. The van der Waals surface area contributed by atoms with E-state index in [4.69, 9.17) is 4.74 Å². The van der Waals surface area contributed by atoms with Crippen LogP contribution in [0.25, 0.3) is 0 Å². The van der Waals surface area contributed by atoms with E-state index in [1.807, 2.05) is 0 Å². The van der Waals surface area contributed by atoms with Crippen LogP contribution in [0.5, 0.6) is 0 Å². The van der Waals surface area contributed by atoms with Crippen LogP contribution in [0.3, 0.4) is 0 Å². The van der Waals surface area contributed by atoms with Gasteiger partial charge in [-0.2, -0.15) is 0 Å². The van der Waals surface area contributed by atoms with Gasteiger partial charge in [0.2, 0.25) is 0 Å². The highest BCUT2D eigenvalue weighted by atomic mass is 16.5. The third-order valence-corrected chi connectivity index (χ3v) is 1.91. The number of aldehydes is 1. The Kier molecular flexibility index (Phi) is 7.26. The van der Waals surface area contributed by atoms with Crippen LogP contribution in [0, 0.1) is 5.92 Å². The lowest BCUT2D eigenvalue weighted by Crippen LogP contribution is -2.08. The standard InChI is InChI=1S/C10H18O3/c1-3-4-5-10(8-11)6-7-13-9(2)12/h8,10H,3-7H2,1-2H3. The van der Waals surface area contributed by atoms with E-state index < -0.39 is 0 Å². The summed E-state index contributed by atoms with van der Waals surface area (Å²) in [6.45, 7) is 3.83. The first-order valence-corrected chi connectivity index (χ1v) is 4.79. The zero-order valence-electron chi connectivity index (χ0n) is 8.41. The minimum absolute atomic E-state index is 0.0549. The van der Waals surface area contributed by atoms with Gasteiger partial charge in [0, 0.05) is 12.8 Å². The van der Waals surface area contributed by atoms with Crippen molar-refractivity contribution >= 4 is 12.3 Å². The van der Waals surface area contributed by atoms with Gasteiger partial charge in [0.15, 0.2) is 0 Å². The molecule has 0 heterocycles. The molecule has 0 rings (SSSR count). The lowest BCUT2D eigenvalue weighted by atomic mass is 10.0. The molecule has 0 aromatic heterocycles. The third-order valence-electron chi connectivity index (χ3n) is 1.91. The summed E-state index contributed by atoms with van der Waals surface area (Å²) >= 11 is 0. The third kappa shape index (κ3) is 7.50. The molecule has 0 saturated carbocycles. The van der Waals surface area contributed by atoms with Gasteiger partial charge in [-0.05, 0) is 12.8 Å². The number of hydrogen-bond acceptors (Lipinski definition) is 3. The highest BCUT2D eigenvalue weighted by Gasteiger charge is 2.06. The first-order valence-electron chi connectivity index (χ1n) is 4.79. The fourth-order valence-corrected chi connectivity index (χ4v) is 1.10. The topological polar surface area (TPSA) is 43.4 Å². The molecule has 1 atom stereocenters. The van der Waals surface area contributed by atoms with Crippen molar-refractivity contribution in [3.8, 4) is 0 Å². The number of rotatable bonds is 7. The first kappa shape index (κ1) is 12.1. The zero-order valence-corrected chi connectivity index (χ0v) is 8.41. The predicted octanol–water partition coefficient (Wildman–Crippen LogP) is 1.94. The van der Waals surface area contributed by atoms with E-state index in [-0.39, 0.29) is 11.9 Å². The van der Waals surface area contributed by atoms with Gasteiger partial charge in [0.05, 0.1) is 6.61 Å². The second-order valence-electron chi connectivity index (χ2n) is 3.17. The van der Waals surface area contributed by atoms with Crippen molar-refractivity contribution in [2.45, 2.75) is 39.5 Å². The van der Waals surface area contributed by atoms with Crippen LogP contribution in [0.15, 0.2) is 0 Å². The second kappa shape index (κ2) is 7.77. The van der Waals surface area contributed by atoms with E-state index in [0.717, 1.165) is 25.5 Å². The first-order chi connectivity index (χ1) is 6.20. The van der Waals surface area contributed by atoms with E-state index in [2.05, 4.69) is 6.92 Å². The molecule has 0 radical (unpaired) electrons. The number of ether oxygens (including phenoxy) is 1. The maximum absolute atomic E-state index is 10.5. The maximum atomic E-state index is 10.5.